The third-order valence-electron chi connectivity index (χ3n) is 5.08. The normalized spacial score (nSPS) is 11.2. The third-order valence-corrected chi connectivity index (χ3v) is 6.12. The van der Waals surface area contributed by atoms with Gasteiger partial charge in [-0.05, 0) is 50.5 Å². The summed E-state index contributed by atoms with van der Waals surface area (Å²) in [5, 5.41) is 10.5. The summed E-state index contributed by atoms with van der Waals surface area (Å²) in [6.07, 6.45) is 2.44. The van der Waals surface area contributed by atoms with Gasteiger partial charge in [0.2, 0.25) is 0 Å². The second kappa shape index (κ2) is 9.22. The van der Waals surface area contributed by atoms with E-state index in [1.807, 2.05) is 56.4 Å². The standard InChI is InChI=1S/C24H27N3O2S/c1-6-27(5)14-25-20-12-16(3)19(11-17(20)4)13-21-26-22(23(30-21)24(28)29)18-9-7-15(2)8-10-18/h7-12,14H,6,13H2,1-5H3,(H,28,29). The highest BCUT2D eigenvalue weighted by atomic mass is 32.1. The summed E-state index contributed by atoms with van der Waals surface area (Å²) in [4.78, 5) is 23.4. The number of aromatic carboxylic acids is 1. The van der Waals surface area contributed by atoms with Crippen molar-refractivity contribution in [3.63, 3.8) is 0 Å². The highest BCUT2D eigenvalue weighted by Gasteiger charge is 2.19. The number of hydrogen-bond donors (Lipinski definition) is 1. The van der Waals surface area contributed by atoms with Crippen molar-refractivity contribution >= 4 is 29.3 Å². The molecule has 0 bridgehead atoms. The van der Waals surface area contributed by atoms with E-state index in [2.05, 4.69) is 31.0 Å². The molecule has 0 amide bonds. The number of nitrogens with zero attached hydrogens (tertiary/aromatic N) is 3. The van der Waals surface area contributed by atoms with E-state index in [-0.39, 0.29) is 4.88 Å². The van der Waals surface area contributed by atoms with Crippen LogP contribution >= 0.6 is 11.3 Å². The van der Waals surface area contributed by atoms with Crippen LogP contribution in [0.1, 0.15) is 43.9 Å². The molecule has 0 unspecified atom stereocenters. The van der Waals surface area contributed by atoms with Crippen LogP contribution in [0, 0.1) is 20.8 Å². The Bertz CT molecular complexity index is 1080. The van der Waals surface area contributed by atoms with E-state index in [9.17, 15) is 9.90 Å². The van der Waals surface area contributed by atoms with Gasteiger partial charge < -0.3 is 10.0 Å². The summed E-state index contributed by atoms with van der Waals surface area (Å²) in [5.41, 5.74) is 6.79. The van der Waals surface area contributed by atoms with Gasteiger partial charge in [0.05, 0.1) is 22.7 Å². The predicted octanol–water partition coefficient (Wildman–Crippen LogP) is 5.64. The molecule has 0 aliphatic rings. The van der Waals surface area contributed by atoms with Crippen LogP contribution in [0.3, 0.4) is 0 Å². The molecule has 0 saturated carbocycles. The predicted molar refractivity (Wildman–Crippen MR) is 124 cm³/mol. The van der Waals surface area contributed by atoms with E-state index in [0.29, 0.717) is 12.1 Å². The van der Waals surface area contributed by atoms with Crippen molar-refractivity contribution in [3.8, 4) is 11.3 Å². The molecule has 0 atom stereocenters. The molecule has 1 aromatic heterocycles. The molecule has 3 rings (SSSR count). The van der Waals surface area contributed by atoms with Crippen LogP contribution in [-0.2, 0) is 6.42 Å². The van der Waals surface area contributed by atoms with Crippen LogP contribution in [0.25, 0.3) is 11.3 Å². The Hall–Kier alpha value is -2.99. The Labute approximate surface area is 181 Å². The van der Waals surface area contributed by atoms with Gasteiger partial charge in [0, 0.05) is 25.6 Å². The average Bonchev–Trinajstić information content (AvgIpc) is 3.14. The topological polar surface area (TPSA) is 65.8 Å². The van der Waals surface area contributed by atoms with Crippen molar-refractivity contribution in [2.75, 3.05) is 13.6 Å². The smallest absolute Gasteiger partial charge is 0.348 e. The lowest BCUT2D eigenvalue weighted by Crippen LogP contribution is -2.14. The number of aliphatic imine (C=N–C) groups is 1. The molecule has 6 heteroatoms. The molecule has 0 radical (unpaired) electrons. The van der Waals surface area contributed by atoms with Crippen molar-refractivity contribution in [3.05, 3.63) is 68.5 Å². The summed E-state index contributed by atoms with van der Waals surface area (Å²) in [5.74, 6) is -0.938. The first kappa shape index (κ1) is 21.7. The molecular formula is C24H27N3O2S. The highest BCUT2D eigenvalue weighted by Crippen LogP contribution is 2.31. The molecular weight excluding hydrogens is 394 g/mol. The van der Waals surface area contributed by atoms with Gasteiger partial charge in [0.1, 0.15) is 4.88 Å². The van der Waals surface area contributed by atoms with Crippen LogP contribution in [-0.4, -0.2) is 40.9 Å². The van der Waals surface area contributed by atoms with Crippen LogP contribution in [0.15, 0.2) is 41.4 Å². The van der Waals surface area contributed by atoms with E-state index in [1.165, 1.54) is 11.3 Å². The Morgan fingerprint density at radius 1 is 1.17 bits per heavy atom. The van der Waals surface area contributed by atoms with Gasteiger partial charge in [-0.3, -0.25) is 0 Å². The fourth-order valence-electron chi connectivity index (χ4n) is 3.09. The van der Waals surface area contributed by atoms with Crippen LogP contribution in [0.5, 0.6) is 0 Å². The molecule has 2 aromatic carbocycles. The summed E-state index contributed by atoms with van der Waals surface area (Å²) in [7, 11) is 1.99. The van der Waals surface area contributed by atoms with Crippen LogP contribution < -0.4 is 0 Å². The van der Waals surface area contributed by atoms with E-state index < -0.39 is 5.97 Å². The highest BCUT2D eigenvalue weighted by molar-refractivity contribution is 7.14. The van der Waals surface area contributed by atoms with Crippen molar-refractivity contribution in [1.29, 1.82) is 0 Å². The summed E-state index contributed by atoms with van der Waals surface area (Å²) < 4.78 is 0. The number of hydrogen-bond acceptors (Lipinski definition) is 4. The van der Waals surface area contributed by atoms with E-state index >= 15 is 0 Å². The van der Waals surface area contributed by atoms with Crippen molar-refractivity contribution in [2.45, 2.75) is 34.1 Å². The summed E-state index contributed by atoms with van der Waals surface area (Å²) in [6, 6.07) is 12.0. The van der Waals surface area contributed by atoms with Gasteiger partial charge in [-0.2, -0.15) is 0 Å². The van der Waals surface area contributed by atoms with Gasteiger partial charge in [0.15, 0.2) is 0 Å². The van der Waals surface area contributed by atoms with Crippen molar-refractivity contribution < 1.29 is 9.90 Å². The first-order valence-corrected chi connectivity index (χ1v) is 10.7. The minimum Gasteiger partial charge on any atom is -0.477 e. The molecule has 1 heterocycles. The molecule has 0 saturated heterocycles. The molecule has 0 aliphatic carbocycles. The van der Waals surface area contributed by atoms with Crippen molar-refractivity contribution in [2.24, 2.45) is 4.99 Å². The molecule has 1 N–H and O–H groups in total. The van der Waals surface area contributed by atoms with Crippen LogP contribution in [0.4, 0.5) is 5.69 Å². The van der Waals surface area contributed by atoms with E-state index in [4.69, 9.17) is 4.98 Å². The van der Waals surface area contributed by atoms with Crippen LogP contribution in [0.2, 0.25) is 0 Å². The second-order valence-corrected chi connectivity index (χ2v) is 8.60. The first-order valence-electron chi connectivity index (χ1n) is 9.93. The van der Waals surface area contributed by atoms with E-state index in [1.54, 1.807) is 0 Å². The number of aryl methyl sites for hydroxylation is 3. The fraction of sp³-hybridized carbons (Fsp3) is 0.292. The number of thiazole rings is 1. The zero-order chi connectivity index (χ0) is 21.8. The molecule has 0 spiro atoms. The molecule has 0 fully saturated rings. The van der Waals surface area contributed by atoms with Gasteiger partial charge in [-0.1, -0.05) is 35.9 Å². The maximum atomic E-state index is 11.8. The van der Waals surface area contributed by atoms with Gasteiger partial charge in [-0.15, -0.1) is 11.3 Å². The van der Waals surface area contributed by atoms with Gasteiger partial charge >= 0.3 is 5.97 Å². The lowest BCUT2D eigenvalue weighted by molar-refractivity contribution is 0.0702. The Morgan fingerprint density at radius 3 is 2.50 bits per heavy atom. The SMILES string of the molecule is CCN(C)C=Nc1cc(C)c(Cc2nc(-c3ccc(C)cc3)c(C(=O)O)s2)cc1C. The number of rotatable bonds is 7. The number of carboxylic acid groups (broad SMARTS) is 1. The lowest BCUT2D eigenvalue weighted by Gasteiger charge is -2.11. The average molecular weight is 422 g/mol. The van der Waals surface area contributed by atoms with Gasteiger partial charge in [-0.25, -0.2) is 14.8 Å². The minimum absolute atomic E-state index is 0.284. The lowest BCUT2D eigenvalue weighted by atomic mass is 10.0. The Morgan fingerprint density at radius 2 is 1.87 bits per heavy atom. The molecule has 3 aromatic rings. The minimum atomic E-state index is -0.938. The molecule has 5 nitrogen and oxygen atoms in total. The maximum Gasteiger partial charge on any atom is 0.348 e. The number of carbonyl (C=O) groups is 1. The molecule has 30 heavy (non-hydrogen) atoms. The summed E-state index contributed by atoms with van der Waals surface area (Å²) >= 11 is 1.25. The number of benzene rings is 2. The fourth-order valence-corrected chi connectivity index (χ4v) is 4.04. The van der Waals surface area contributed by atoms with Crippen molar-refractivity contribution in [1.82, 2.24) is 9.88 Å². The maximum absolute atomic E-state index is 11.8. The molecule has 156 valence electrons. The number of aromatic nitrogens is 1. The second-order valence-electron chi connectivity index (χ2n) is 7.52. The largest absolute Gasteiger partial charge is 0.477 e. The zero-order valence-electron chi connectivity index (χ0n) is 18.1. The monoisotopic (exact) mass is 421 g/mol. The first-order chi connectivity index (χ1) is 14.3. The third kappa shape index (κ3) is 4.94. The number of carboxylic acids is 1. The molecule has 0 aliphatic heterocycles. The quantitative estimate of drug-likeness (QED) is 0.396. The Balaban J connectivity index is 1.92. The zero-order valence-corrected chi connectivity index (χ0v) is 18.9. The summed E-state index contributed by atoms with van der Waals surface area (Å²) in [6.45, 7) is 9.09. The van der Waals surface area contributed by atoms with E-state index in [0.717, 1.165) is 45.1 Å². The van der Waals surface area contributed by atoms with Gasteiger partial charge in [0.25, 0.3) is 0 Å². The Kier molecular flexibility index (Phi) is 6.67.